The summed E-state index contributed by atoms with van der Waals surface area (Å²) in [4.78, 5) is 27.8. The van der Waals surface area contributed by atoms with Gasteiger partial charge in [0.15, 0.2) is 4.34 Å². The van der Waals surface area contributed by atoms with Crippen LogP contribution in [0.2, 0.25) is 0 Å². The van der Waals surface area contributed by atoms with Crippen molar-refractivity contribution in [3.05, 3.63) is 35.9 Å². The van der Waals surface area contributed by atoms with Gasteiger partial charge in [-0.15, -0.1) is 10.2 Å². The Hall–Kier alpha value is -1.93. The molecule has 2 saturated carbocycles. The van der Waals surface area contributed by atoms with Crippen molar-refractivity contribution in [2.24, 2.45) is 0 Å². The molecule has 0 radical (unpaired) electrons. The van der Waals surface area contributed by atoms with E-state index in [1.54, 1.807) is 12.1 Å². The zero-order chi connectivity index (χ0) is 21.5. The van der Waals surface area contributed by atoms with Gasteiger partial charge < -0.3 is 4.90 Å². The summed E-state index contributed by atoms with van der Waals surface area (Å²) in [5.74, 6) is 0.410. The maximum Gasteiger partial charge on any atom is 0.257 e. The van der Waals surface area contributed by atoms with Gasteiger partial charge in [-0.05, 0) is 37.8 Å². The fourth-order valence-electron chi connectivity index (χ4n) is 4.70. The molecular formula is C23H30N4O2S2. The number of hydrogen-bond donors (Lipinski definition) is 1. The zero-order valence-electron chi connectivity index (χ0n) is 17.8. The third-order valence-electron chi connectivity index (χ3n) is 6.21. The minimum Gasteiger partial charge on any atom is -0.336 e. The molecule has 2 aliphatic rings. The van der Waals surface area contributed by atoms with Crippen LogP contribution in [0.1, 0.15) is 74.6 Å². The second kappa shape index (κ2) is 11.1. The molecule has 0 spiro atoms. The van der Waals surface area contributed by atoms with Crippen molar-refractivity contribution < 1.29 is 9.59 Å². The average molecular weight is 459 g/mol. The molecule has 8 heteroatoms. The predicted octanol–water partition coefficient (Wildman–Crippen LogP) is 5.38. The number of amides is 2. The minimum absolute atomic E-state index is 0.204. The van der Waals surface area contributed by atoms with E-state index in [-0.39, 0.29) is 11.8 Å². The van der Waals surface area contributed by atoms with Crippen LogP contribution >= 0.6 is 23.1 Å². The molecule has 1 N–H and O–H groups in total. The Labute approximate surface area is 192 Å². The van der Waals surface area contributed by atoms with Gasteiger partial charge in [0.1, 0.15) is 0 Å². The third-order valence-corrected chi connectivity index (χ3v) is 8.16. The van der Waals surface area contributed by atoms with E-state index in [0.717, 1.165) is 25.7 Å². The lowest BCUT2D eigenvalue weighted by Crippen LogP contribution is -2.49. The summed E-state index contributed by atoms with van der Waals surface area (Å²) in [6.45, 7) is 0. The van der Waals surface area contributed by atoms with Crippen LogP contribution in [-0.2, 0) is 4.79 Å². The lowest BCUT2D eigenvalue weighted by molar-refractivity contribution is -0.135. The number of hydrogen-bond acceptors (Lipinski definition) is 6. The second-order valence-corrected chi connectivity index (χ2v) is 10.6. The van der Waals surface area contributed by atoms with Gasteiger partial charge in [-0.2, -0.15) is 0 Å². The zero-order valence-corrected chi connectivity index (χ0v) is 19.4. The molecule has 0 saturated heterocycles. The molecule has 6 nitrogen and oxygen atoms in total. The largest absolute Gasteiger partial charge is 0.336 e. The number of rotatable bonds is 7. The third kappa shape index (κ3) is 6.07. The summed E-state index contributed by atoms with van der Waals surface area (Å²) in [5.41, 5.74) is 0.581. The molecule has 31 heavy (non-hydrogen) atoms. The summed E-state index contributed by atoms with van der Waals surface area (Å²) in [6, 6.07) is 9.85. The molecule has 1 heterocycles. The Morgan fingerprint density at radius 2 is 1.55 bits per heavy atom. The number of benzene rings is 1. The normalized spacial score (nSPS) is 17.9. The fourth-order valence-corrected chi connectivity index (χ4v) is 6.32. The van der Waals surface area contributed by atoms with Crippen LogP contribution in [0.3, 0.4) is 0 Å². The van der Waals surface area contributed by atoms with Gasteiger partial charge in [0, 0.05) is 17.6 Å². The van der Waals surface area contributed by atoms with Crippen LogP contribution in [0.15, 0.2) is 34.7 Å². The first kappa shape index (κ1) is 22.3. The maximum absolute atomic E-state index is 13.3. The smallest absolute Gasteiger partial charge is 0.257 e. The molecule has 2 fully saturated rings. The van der Waals surface area contributed by atoms with E-state index in [1.165, 1.54) is 61.6 Å². The molecule has 2 aliphatic carbocycles. The monoisotopic (exact) mass is 458 g/mol. The summed E-state index contributed by atoms with van der Waals surface area (Å²) < 4.78 is 0.712. The van der Waals surface area contributed by atoms with Gasteiger partial charge in [-0.25, -0.2) is 0 Å². The molecule has 2 aromatic rings. The van der Waals surface area contributed by atoms with E-state index in [1.807, 2.05) is 18.2 Å². The standard InChI is InChI=1S/C23H30N4O2S2/c28-20(27(18-12-6-2-7-13-18)19-14-8-3-9-15-19)16-30-23-26-25-22(31-23)24-21(29)17-10-4-1-5-11-17/h1,4-5,10-11,18-19H,2-3,6-9,12-16H2,(H,24,25,29). The van der Waals surface area contributed by atoms with Crippen molar-refractivity contribution in [3.63, 3.8) is 0 Å². The van der Waals surface area contributed by atoms with Crippen LogP contribution in [0.4, 0.5) is 5.13 Å². The lowest BCUT2D eigenvalue weighted by atomic mass is 9.88. The van der Waals surface area contributed by atoms with Gasteiger partial charge in [-0.3, -0.25) is 14.9 Å². The number of carbonyl (C=O) groups is 2. The van der Waals surface area contributed by atoms with Crippen LogP contribution in [0.25, 0.3) is 0 Å². The Morgan fingerprint density at radius 1 is 0.935 bits per heavy atom. The SMILES string of the molecule is O=C(Nc1nnc(SCC(=O)N(C2CCCCC2)C2CCCCC2)s1)c1ccccc1. The van der Waals surface area contributed by atoms with Crippen molar-refractivity contribution in [1.82, 2.24) is 15.1 Å². The van der Waals surface area contributed by atoms with Gasteiger partial charge in [0.2, 0.25) is 11.0 Å². The highest BCUT2D eigenvalue weighted by molar-refractivity contribution is 8.01. The molecule has 1 aromatic carbocycles. The first-order valence-corrected chi connectivity index (χ1v) is 13.1. The predicted molar refractivity (Wildman–Crippen MR) is 126 cm³/mol. The van der Waals surface area contributed by atoms with E-state index in [4.69, 9.17) is 0 Å². The molecule has 0 aliphatic heterocycles. The van der Waals surface area contributed by atoms with E-state index >= 15 is 0 Å². The number of carbonyl (C=O) groups excluding carboxylic acids is 2. The van der Waals surface area contributed by atoms with Crippen molar-refractivity contribution >= 4 is 40.0 Å². The van der Waals surface area contributed by atoms with Crippen LogP contribution in [-0.4, -0.2) is 44.7 Å². The molecular weight excluding hydrogens is 428 g/mol. The number of aromatic nitrogens is 2. The Morgan fingerprint density at radius 3 is 2.16 bits per heavy atom. The van der Waals surface area contributed by atoms with Gasteiger partial charge >= 0.3 is 0 Å². The highest BCUT2D eigenvalue weighted by atomic mass is 32.2. The lowest BCUT2D eigenvalue weighted by Gasteiger charge is -2.41. The molecule has 1 aromatic heterocycles. The highest BCUT2D eigenvalue weighted by Crippen LogP contribution is 2.32. The van der Waals surface area contributed by atoms with Crippen LogP contribution in [0.5, 0.6) is 0 Å². The molecule has 0 atom stereocenters. The van der Waals surface area contributed by atoms with E-state index in [9.17, 15) is 9.59 Å². The van der Waals surface area contributed by atoms with Crippen molar-refractivity contribution in [2.75, 3.05) is 11.1 Å². The van der Waals surface area contributed by atoms with Crippen molar-refractivity contribution in [3.8, 4) is 0 Å². The van der Waals surface area contributed by atoms with Crippen LogP contribution < -0.4 is 5.32 Å². The first-order chi connectivity index (χ1) is 15.2. The number of thioether (sulfide) groups is 1. The van der Waals surface area contributed by atoms with Crippen molar-refractivity contribution in [1.29, 1.82) is 0 Å². The van der Waals surface area contributed by atoms with E-state index in [0.29, 0.717) is 32.9 Å². The van der Waals surface area contributed by atoms with Gasteiger partial charge in [0.05, 0.1) is 5.75 Å². The number of nitrogens with zero attached hydrogens (tertiary/aromatic N) is 3. The Balaban J connectivity index is 1.34. The van der Waals surface area contributed by atoms with Gasteiger partial charge in [0.25, 0.3) is 5.91 Å². The molecule has 2 amide bonds. The minimum atomic E-state index is -0.204. The summed E-state index contributed by atoms with van der Waals surface area (Å²) >= 11 is 2.75. The number of nitrogens with one attached hydrogen (secondary N) is 1. The Kier molecular flexibility index (Phi) is 7.97. The molecule has 0 unspecified atom stereocenters. The summed E-state index contributed by atoms with van der Waals surface area (Å²) in [6.07, 6.45) is 12.1. The van der Waals surface area contributed by atoms with E-state index in [2.05, 4.69) is 20.4 Å². The molecule has 0 bridgehead atoms. The maximum atomic E-state index is 13.3. The Bertz CT molecular complexity index is 843. The molecule has 166 valence electrons. The van der Waals surface area contributed by atoms with Crippen molar-refractivity contribution in [2.45, 2.75) is 80.6 Å². The van der Waals surface area contributed by atoms with E-state index < -0.39 is 0 Å². The first-order valence-electron chi connectivity index (χ1n) is 11.3. The molecule has 4 rings (SSSR count). The topological polar surface area (TPSA) is 75.2 Å². The highest BCUT2D eigenvalue weighted by Gasteiger charge is 2.32. The second-order valence-electron chi connectivity index (χ2n) is 8.37. The van der Waals surface area contributed by atoms with Crippen LogP contribution in [0, 0.1) is 0 Å². The number of anilines is 1. The summed E-state index contributed by atoms with van der Waals surface area (Å²) in [7, 11) is 0. The summed E-state index contributed by atoms with van der Waals surface area (Å²) in [5, 5.41) is 11.5. The average Bonchev–Trinajstić information content (AvgIpc) is 3.27. The van der Waals surface area contributed by atoms with Gasteiger partial charge in [-0.1, -0.05) is 79.8 Å². The fraction of sp³-hybridized carbons (Fsp3) is 0.565. The quantitative estimate of drug-likeness (QED) is 0.445.